The maximum absolute atomic E-state index is 14.5. The molecule has 42 heavy (non-hydrogen) atoms. The molecule has 4 rings (SSSR count). The molecular weight excluding hydrogens is 579 g/mol. The van der Waals surface area contributed by atoms with Gasteiger partial charge in [-0.2, -0.15) is 31.4 Å². The zero-order chi connectivity index (χ0) is 31.2. The Morgan fingerprint density at radius 1 is 1.19 bits per heavy atom. The highest BCUT2D eigenvalue weighted by Gasteiger charge is 2.49. The van der Waals surface area contributed by atoms with Crippen LogP contribution in [0, 0.1) is 5.82 Å². The number of alkyl halides is 6. The molecule has 0 saturated carbocycles. The summed E-state index contributed by atoms with van der Waals surface area (Å²) in [5.74, 6) is -1.94. The minimum Gasteiger partial charge on any atom is -0.364 e. The summed E-state index contributed by atoms with van der Waals surface area (Å²) >= 11 is 0. The molecule has 230 valence electrons. The number of halogens is 7. The Hall–Kier alpha value is -3.89. The highest BCUT2D eigenvalue weighted by Crippen LogP contribution is 2.34. The van der Waals surface area contributed by atoms with Crippen LogP contribution in [0.1, 0.15) is 61.7 Å². The highest BCUT2D eigenvalue weighted by atomic mass is 19.4. The van der Waals surface area contributed by atoms with Gasteiger partial charge in [0.2, 0.25) is 0 Å². The molecule has 2 aromatic heterocycles. The number of benzene rings is 1. The van der Waals surface area contributed by atoms with Gasteiger partial charge in [-0.05, 0) is 45.4 Å². The van der Waals surface area contributed by atoms with Gasteiger partial charge in [-0.25, -0.2) is 14.2 Å². The number of rotatable bonds is 9. The Morgan fingerprint density at radius 2 is 1.88 bits per heavy atom. The van der Waals surface area contributed by atoms with Crippen molar-refractivity contribution in [2.45, 2.75) is 70.3 Å². The normalized spacial score (nSPS) is 17.3. The minimum atomic E-state index is -4.75. The number of H-pyrrole nitrogens is 1. The molecule has 0 unspecified atom stereocenters. The first-order chi connectivity index (χ1) is 19.4. The summed E-state index contributed by atoms with van der Waals surface area (Å²) in [4.78, 5) is 33.3. The molecule has 1 aliphatic rings. The Morgan fingerprint density at radius 3 is 2.48 bits per heavy atom. The number of nitrogens with one attached hydrogen (secondary N) is 3. The second-order valence-electron chi connectivity index (χ2n) is 10.6. The average molecular weight is 608 g/mol. The summed E-state index contributed by atoms with van der Waals surface area (Å²) in [5, 5.41) is 8.16. The molecule has 17 heteroatoms. The number of hydrogen-bond donors (Lipinski definition) is 3. The molecule has 2 atom stereocenters. The third kappa shape index (κ3) is 6.44. The van der Waals surface area contributed by atoms with Gasteiger partial charge < -0.3 is 25.3 Å². The van der Waals surface area contributed by atoms with Crippen molar-refractivity contribution in [1.29, 1.82) is 0 Å². The molecule has 3 heterocycles. The third-order valence-corrected chi connectivity index (χ3v) is 6.71. The van der Waals surface area contributed by atoms with Crippen LogP contribution in [0.2, 0.25) is 0 Å². The lowest BCUT2D eigenvalue weighted by Gasteiger charge is -2.30. The largest absolute Gasteiger partial charge is 0.416 e. The lowest BCUT2D eigenvalue weighted by molar-refractivity contribution is -0.265. The summed E-state index contributed by atoms with van der Waals surface area (Å²) in [6, 6.07) is -0.0938. The quantitative estimate of drug-likeness (QED) is 0.303. The Bertz CT molecular complexity index is 1460. The third-order valence-electron chi connectivity index (χ3n) is 6.71. The fourth-order valence-corrected chi connectivity index (χ4v) is 4.20. The first kappa shape index (κ1) is 31.1. The van der Waals surface area contributed by atoms with Crippen molar-refractivity contribution in [3.05, 3.63) is 47.3 Å². The van der Waals surface area contributed by atoms with E-state index in [1.807, 2.05) is 5.32 Å². The van der Waals surface area contributed by atoms with E-state index in [0.717, 1.165) is 29.6 Å². The van der Waals surface area contributed by atoms with Gasteiger partial charge in [-0.1, -0.05) is 6.07 Å². The summed E-state index contributed by atoms with van der Waals surface area (Å²) < 4.78 is 100. The standard InChI is InChI=1S/C25H28F7N7O3/c1-12(2)39-19(14(26)8-33-39)21(40)36-17(11-42-23(3,4)25(30,31)32)20-34-15-6-5-13(7-16(15)35-20)9-38-10-18(24(27,28)29)37-22(38)41/h5-8,12,17-18H,9-11H2,1-4H3,(H,34,35)(H,36,40)(H,37,41)/t17-,18-/m0/s1. The zero-order valence-corrected chi connectivity index (χ0v) is 22.8. The van der Waals surface area contributed by atoms with E-state index in [1.54, 1.807) is 13.8 Å². The monoisotopic (exact) mass is 607 g/mol. The van der Waals surface area contributed by atoms with Crippen molar-refractivity contribution in [1.82, 2.24) is 35.3 Å². The van der Waals surface area contributed by atoms with Gasteiger partial charge in [-0.15, -0.1) is 0 Å². The molecule has 0 radical (unpaired) electrons. The number of urea groups is 1. The smallest absolute Gasteiger partial charge is 0.364 e. The van der Waals surface area contributed by atoms with Crippen LogP contribution in [-0.4, -0.2) is 73.7 Å². The van der Waals surface area contributed by atoms with Gasteiger partial charge in [0.05, 0.1) is 30.4 Å². The summed E-state index contributed by atoms with van der Waals surface area (Å²) in [6.45, 7) is 3.46. The van der Waals surface area contributed by atoms with E-state index >= 15 is 0 Å². The van der Waals surface area contributed by atoms with E-state index in [1.165, 1.54) is 18.2 Å². The van der Waals surface area contributed by atoms with Crippen LogP contribution < -0.4 is 10.6 Å². The van der Waals surface area contributed by atoms with E-state index in [-0.39, 0.29) is 17.9 Å². The lowest BCUT2D eigenvalue weighted by Crippen LogP contribution is -2.44. The van der Waals surface area contributed by atoms with Crippen LogP contribution in [0.5, 0.6) is 0 Å². The molecule has 1 fully saturated rings. The van der Waals surface area contributed by atoms with Crippen molar-refractivity contribution < 1.29 is 45.1 Å². The van der Waals surface area contributed by atoms with E-state index in [9.17, 15) is 40.3 Å². The van der Waals surface area contributed by atoms with Crippen molar-refractivity contribution in [2.75, 3.05) is 13.2 Å². The highest BCUT2D eigenvalue weighted by molar-refractivity contribution is 5.93. The van der Waals surface area contributed by atoms with Crippen LogP contribution in [0.25, 0.3) is 11.0 Å². The maximum Gasteiger partial charge on any atom is 0.416 e. The van der Waals surface area contributed by atoms with Gasteiger partial charge in [-0.3, -0.25) is 9.48 Å². The predicted octanol–water partition coefficient (Wildman–Crippen LogP) is 4.76. The Kier molecular flexibility index (Phi) is 8.19. The average Bonchev–Trinajstić information content (AvgIpc) is 3.57. The van der Waals surface area contributed by atoms with Crippen LogP contribution in [0.15, 0.2) is 24.4 Å². The topological polar surface area (TPSA) is 117 Å². The number of ether oxygens (including phenoxy) is 1. The molecule has 1 aromatic carbocycles. The zero-order valence-electron chi connectivity index (χ0n) is 22.8. The molecular formula is C25H28F7N7O3. The molecule has 0 bridgehead atoms. The van der Waals surface area contributed by atoms with Crippen LogP contribution in [-0.2, 0) is 11.3 Å². The summed E-state index contributed by atoms with van der Waals surface area (Å²) in [6.07, 6.45) is -8.52. The predicted molar refractivity (Wildman–Crippen MR) is 134 cm³/mol. The van der Waals surface area contributed by atoms with Crippen molar-refractivity contribution >= 4 is 23.0 Å². The van der Waals surface area contributed by atoms with Gasteiger partial charge in [0.25, 0.3) is 5.91 Å². The molecule has 0 spiro atoms. The molecule has 1 aliphatic heterocycles. The first-order valence-corrected chi connectivity index (χ1v) is 12.7. The Balaban J connectivity index is 1.61. The molecule has 1 saturated heterocycles. The first-order valence-electron chi connectivity index (χ1n) is 12.7. The number of imidazole rings is 1. The van der Waals surface area contributed by atoms with E-state index in [4.69, 9.17) is 4.74 Å². The molecule has 10 nitrogen and oxygen atoms in total. The summed E-state index contributed by atoms with van der Waals surface area (Å²) in [5.41, 5.74) is -1.99. The maximum atomic E-state index is 14.5. The second kappa shape index (κ2) is 11.1. The van der Waals surface area contributed by atoms with Crippen molar-refractivity contribution in [3.8, 4) is 0 Å². The molecule has 0 aliphatic carbocycles. The molecule has 3 N–H and O–H groups in total. The van der Waals surface area contributed by atoms with Crippen LogP contribution >= 0.6 is 0 Å². The molecule has 3 amide bonds. The second-order valence-corrected chi connectivity index (χ2v) is 10.6. The SMILES string of the molecule is CC(C)n1ncc(F)c1C(=O)N[C@@H](COC(C)(C)C(F)(F)F)c1nc2cc(CN3C[C@@H](C(F)(F)F)NC3=O)ccc2[nH]1. The van der Waals surface area contributed by atoms with Crippen molar-refractivity contribution in [3.63, 3.8) is 0 Å². The van der Waals surface area contributed by atoms with E-state index in [2.05, 4.69) is 20.4 Å². The summed E-state index contributed by atoms with van der Waals surface area (Å²) in [7, 11) is 0. The number of fused-ring (bicyclic) bond motifs is 1. The number of amides is 3. The van der Waals surface area contributed by atoms with Gasteiger partial charge in [0.15, 0.2) is 17.1 Å². The number of carbonyl (C=O) groups is 2. The number of hydrogen-bond acceptors (Lipinski definition) is 5. The number of carbonyl (C=O) groups excluding carboxylic acids is 2. The van der Waals surface area contributed by atoms with E-state index < -0.39 is 72.7 Å². The minimum absolute atomic E-state index is 0.0273. The van der Waals surface area contributed by atoms with Crippen LogP contribution in [0.3, 0.4) is 0 Å². The van der Waals surface area contributed by atoms with Crippen molar-refractivity contribution in [2.24, 2.45) is 0 Å². The van der Waals surface area contributed by atoms with Crippen LogP contribution in [0.4, 0.5) is 35.5 Å². The van der Waals surface area contributed by atoms with Gasteiger partial charge in [0, 0.05) is 12.6 Å². The number of nitrogens with zero attached hydrogens (tertiary/aromatic N) is 4. The lowest BCUT2D eigenvalue weighted by atomic mass is 10.1. The number of aromatic amines is 1. The van der Waals surface area contributed by atoms with E-state index in [0.29, 0.717) is 11.1 Å². The van der Waals surface area contributed by atoms with Gasteiger partial charge in [0.1, 0.15) is 17.9 Å². The number of aromatic nitrogens is 4. The van der Waals surface area contributed by atoms with Gasteiger partial charge >= 0.3 is 18.4 Å². The fraction of sp³-hybridized carbons (Fsp3) is 0.520. The molecule has 3 aromatic rings. The fourth-order valence-electron chi connectivity index (χ4n) is 4.20. The Labute approximate surface area is 234 Å².